The molecule has 1 aliphatic rings. The van der Waals surface area contributed by atoms with Gasteiger partial charge in [0.2, 0.25) is 0 Å². The van der Waals surface area contributed by atoms with Crippen LogP contribution in [0.5, 0.6) is 0 Å². The van der Waals surface area contributed by atoms with Crippen LogP contribution in [0.1, 0.15) is 24.0 Å². The van der Waals surface area contributed by atoms with Crippen molar-refractivity contribution in [3.63, 3.8) is 0 Å². The normalized spacial score (nSPS) is 14.5. The number of pyridine rings is 1. The summed E-state index contributed by atoms with van der Waals surface area (Å²) < 4.78 is 38.3. The Morgan fingerprint density at radius 2 is 1.92 bits per heavy atom. The van der Waals surface area contributed by atoms with Gasteiger partial charge in [-0.05, 0) is 42.7 Å². The molecule has 0 atom stereocenters. The number of benzene rings is 1. The molecule has 26 heavy (non-hydrogen) atoms. The zero-order valence-corrected chi connectivity index (χ0v) is 13.8. The third-order valence-corrected chi connectivity index (χ3v) is 4.24. The predicted molar refractivity (Wildman–Crippen MR) is 91.1 cm³/mol. The zero-order valence-electron chi connectivity index (χ0n) is 13.8. The Kier molecular flexibility index (Phi) is 4.97. The van der Waals surface area contributed by atoms with Gasteiger partial charge in [-0.1, -0.05) is 0 Å². The van der Waals surface area contributed by atoms with Crippen molar-refractivity contribution >= 4 is 17.2 Å². The fourth-order valence-corrected chi connectivity index (χ4v) is 2.90. The van der Waals surface area contributed by atoms with Crippen molar-refractivity contribution in [2.75, 3.05) is 23.3 Å². The largest absolute Gasteiger partial charge is 0.416 e. The van der Waals surface area contributed by atoms with Crippen LogP contribution in [0.25, 0.3) is 0 Å². The molecule has 3 rings (SSSR count). The van der Waals surface area contributed by atoms with Crippen LogP contribution in [0.3, 0.4) is 0 Å². The molecule has 1 N–H and O–H groups in total. The van der Waals surface area contributed by atoms with E-state index in [9.17, 15) is 23.3 Å². The highest BCUT2D eigenvalue weighted by molar-refractivity contribution is 5.63. The summed E-state index contributed by atoms with van der Waals surface area (Å²) in [5, 5.41) is 14.0. The summed E-state index contributed by atoms with van der Waals surface area (Å²) in [4.78, 5) is 16.8. The molecule has 1 aliphatic heterocycles. The second kappa shape index (κ2) is 7.19. The molecule has 1 aromatic carbocycles. The van der Waals surface area contributed by atoms with Crippen LogP contribution in [-0.2, 0) is 12.7 Å². The number of hydrogen-bond donors (Lipinski definition) is 1. The van der Waals surface area contributed by atoms with E-state index in [4.69, 9.17) is 0 Å². The van der Waals surface area contributed by atoms with Gasteiger partial charge in [0.15, 0.2) is 0 Å². The second-order valence-electron chi connectivity index (χ2n) is 6.06. The summed E-state index contributed by atoms with van der Waals surface area (Å²) in [5.74, 6) is 0.837. The minimum atomic E-state index is -4.63. The molecule has 0 unspecified atom stereocenters. The van der Waals surface area contributed by atoms with Gasteiger partial charge in [0, 0.05) is 31.9 Å². The summed E-state index contributed by atoms with van der Waals surface area (Å²) in [5.41, 5.74) is -0.762. The molecule has 0 bridgehead atoms. The van der Waals surface area contributed by atoms with E-state index in [2.05, 4.69) is 15.2 Å². The van der Waals surface area contributed by atoms with Gasteiger partial charge in [0.1, 0.15) is 11.5 Å². The molecule has 1 aromatic heterocycles. The highest BCUT2D eigenvalue weighted by atomic mass is 19.4. The van der Waals surface area contributed by atoms with Crippen molar-refractivity contribution in [1.29, 1.82) is 0 Å². The lowest BCUT2D eigenvalue weighted by Gasteiger charge is -2.17. The Hall–Kier alpha value is -2.84. The third-order valence-electron chi connectivity index (χ3n) is 4.24. The van der Waals surface area contributed by atoms with Gasteiger partial charge in [-0.25, -0.2) is 4.98 Å². The van der Waals surface area contributed by atoms with Crippen LogP contribution < -0.4 is 10.2 Å². The Morgan fingerprint density at radius 1 is 1.19 bits per heavy atom. The standard InChI is InChI=1S/C17H17F3N4O2/c18-17(19,20)13-3-4-14(15(10-13)24(25)26)22-11-12-5-6-21-16(9-12)23-7-1-2-8-23/h3-6,9-10,22H,1-2,7-8,11H2. The van der Waals surface area contributed by atoms with Crippen LogP contribution in [0.2, 0.25) is 0 Å². The first kappa shape index (κ1) is 18.0. The van der Waals surface area contributed by atoms with Crippen LogP contribution >= 0.6 is 0 Å². The highest BCUT2D eigenvalue weighted by Crippen LogP contribution is 2.35. The molecular weight excluding hydrogens is 349 g/mol. The van der Waals surface area contributed by atoms with E-state index < -0.39 is 22.4 Å². The Morgan fingerprint density at radius 3 is 2.58 bits per heavy atom. The number of hydrogen-bond acceptors (Lipinski definition) is 5. The van der Waals surface area contributed by atoms with E-state index in [1.54, 1.807) is 12.3 Å². The average molecular weight is 366 g/mol. The van der Waals surface area contributed by atoms with Crippen LogP contribution in [0, 0.1) is 10.1 Å². The predicted octanol–water partition coefficient (Wildman–Crippen LogP) is 4.22. The SMILES string of the molecule is O=[N+]([O-])c1cc(C(F)(F)F)ccc1NCc1ccnc(N2CCCC2)c1. The molecule has 1 saturated heterocycles. The number of aromatic nitrogens is 1. The molecule has 2 aromatic rings. The van der Waals surface area contributed by atoms with Crippen molar-refractivity contribution in [2.24, 2.45) is 0 Å². The Balaban J connectivity index is 1.77. The molecular formula is C17H17F3N4O2. The van der Waals surface area contributed by atoms with Crippen molar-refractivity contribution < 1.29 is 18.1 Å². The van der Waals surface area contributed by atoms with Crippen molar-refractivity contribution in [3.8, 4) is 0 Å². The number of nitrogens with one attached hydrogen (secondary N) is 1. The minimum Gasteiger partial charge on any atom is -0.375 e. The van der Waals surface area contributed by atoms with Gasteiger partial charge in [-0.2, -0.15) is 13.2 Å². The summed E-state index contributed by atoms with van der Waals surface area (Å²) in [6, 6.07) is 6.11. The first-order chi connectivity index (χ1) is 12.3. The monoisotopic (exact) mass is 366 g/mol. The quantitative estimate of drug-likeness (QED) is 0.634. The molecule has 1 fully saturated rings. The van der Waals surface area contributed by atoms with Gasteiger partial charge >= 0.3 is 6.18 Å². The summed E-state index contributed by atoms with van der Waals surface area (Å²) in [6.45, 7) is 2.12. The number of anilines is 2. The summed E-state index contributed by atoms with van der Waals surface area (Å²) in [6.07, 6.45) is -0.741. The molecule has 0 aliphatic carbocycles. The second-order valence-corrected chi connectivity index (χ2v) is 6.06. The highest BCUT2D eigenvalue weighted by Gasteiger charge is 2.33. The van der Waals surface area contributed by atoms with Crippen molar-refractivity contribution in [1.82, 2.24) is 4.98 Å². The van der Waals surface area contributed by atoms with Gasteiger partial charge < -0.3 is 10.2 Å². The molecule has 0 radical (unpaired) electrons. The van der Waals surface area contributed by atoms with Crippen LogP contribution in [0.4, 0.5) is 30.4 Å². The molecule has 9 heteroatoms. The van der Waals surface area contributed by atoms with Gasteiger partial charge in [-0.3, -0.25) is 10.1 Å². The van der Waals surface area contributed by atoms with Crippen molar-refractivity contribution in [3.05, 3.63) is 57.8 Å². The molecule has 0 spiro atoms. The van der Waals surface area contributed by atoms with E-state index in [0.717, 1.165) is 49.4 Å². The number of rotatable bonds is 5. The maximum absolute atomic E-state index is 12.8. The average Bonchev–Trinajstić information content (AvgIpc) is 3.14. The van der Waals surface area contributed by atoms with Gasteiger partial charge in [0.05, 0.1) is 10.5 Å². The van der Waals surface area contributed by atoms with Crippen LogP contribution in [-0.4, -0.2) is 23.0 Å². The number of nitro groups is 1. The van der Waals surface area contributed by atoms with E-state index in [1.165, 1.54) is 0 Å². The number of nitro benzene ring substituents is 1. The molecule has 2 heterocycles. The molecule has 138 valence electrons. The third kappa shape index (κ3) is 4.04. The van der Waals surface area contributed by atoms with E-state index >= 15 is 0 Å². The minimum absolute atomic E-state index is 0.0440. The van der Waals surface area contributed by atoms with E-state index in [1.807, 2.05) is 6.07 Å². The Labute approximate surface area is 147 Å². The zero-order chi connectivity index (χ0) is 18.7. The number of alkyl halides is 3. The van der Waals surface area contributed by atoms with Gasteiger partial charge in [-0.15, -0.1) is 0 Å². The van der Waals surface area contributed by atoms with E-state index in [-0.39, 0.29) is 12.2 Å². The summed E-state index contributed by atoms with van der Waals surface area (Å²) >= 11 is 0. The topological polar surface area (TPSA) is 71.3 Å². The lowest BCUT2D eigenvalue weighted by molar-refractivity contribution is -0.384. The fraction of sp³-hybridized carbons (Fsp3) is 0.353. The number of nitrogens with zero attached hydrogens (tertiary/aromatic N) is 3. The smallest absolute Gasteiger partial charge is 0.375 e. The molecule has 0 saturated carbocycles. The summed E-state index contributed by atoms with van der Waals surface area (Å²) in [7, 11) is 0. The van der Waals surface area contributed by atoms with Crippen molar-refractivity contribution in [2.45, 2.75) is 25.6 Å². The fourth-order valence-electron chi connectivity index (χ4n) is 2.90. The first-order valence-corrected chi connectivity index (χ1v) is 8.14. The molecule has 0 amide bonds. The Bertz CT molecular complexity index is 805. The maximum atomic E-state index is 12.8. The van der Waals surface area contributed by atoms with E-state index in [0.29, 0.717) is 6.07 Å². The maximum Gasteiger partial charge on any atom is 0.416 e. The van der Waals surface area contributed by atoms with Gasteiger partial charge in [0.25, 0.3) is 5.69 Å². The number of halogens is 3. The lowest BCUT2D eigenvalue weighted by Crippen LogP contribution is -2.19. The molecule has 6 nitrogen and oxygen atoms in total. The first-order valence-electron chi connectivity index (χ1n) is 8.14. The lowest BCUT2D eigenvalue weighted by atomic mass is 10.1. The van der Waals surface area contributed by atoms with Crippen LogP contribution in [0.15, 0.2) is 36.5 Å².